The Balaban J connectivity index is 1.05. The van der Waals surface area contributed by atoms with Crippen LogP contribution in [0.5, 0.6) is 5.75 Å². The molecule has 0 heterocycles. The van der Waals surface area contributed by atoms with Crippen LogP contribution >= 0.6 is 0 Å². The number of carbonyl (C=O) groups is 1. The normalized spacial score (nSPS) is 28.0. The van der Waals surface area contributed by atoms with Gasteiger partial charge in [-0.05, 0) is 131 Å². The molecule has 5 rings (SSSR count). The standard InChI is InChI=1S/C37H48F4O4/c1-3-5-31(42)30-19-18-28(33(38)35(30)40)25-10-12-26(13-11-25)37(43)45-27-16-14-23(15-17-27)22-6-8-24(9-7-22)29-20-21-32(44-4-2)36(41)34(29)39/h18-27,31,42H,3-17H2,1-2H3. The highest BCUT2D eigenvalue weighted by atomic mass is 19.2. The Bertz CT molecular complexity index is 1290. The largest absolute Gasteiger partial charge is 0.491 e. The molecule has 3 aliphatic carbocycles. The van der Waals surface area contributed by atoms with Crippen molar-refractivity contribution in [1.82, 2.24) is 0 Å². The van der Waals surface area contributed by atoms with E-state index in [1.54, 1.807) is 19.1 Å². The molecule has 0 spiro atoms. The predicted molar refractivity (Wildman–Crippen MR) is 165 cm³/mol. The summed E-state index contributed by atoms with van der Waals surface area (Å²) in [5.74, 6) is -2.96. The fraction of sp³-hybridized carbons (Fsp3) is 0.649. The van der Waals surface area contributed by atoms with E-state index in [2.05, 4.69) is 0 Å². The maximum Gasteiger partial charge on any atom is 0.309 e. The number of esters is 1. The van der Waals surface area contributed by atoms with E-state index >= 15 is 0 Å². The summed E-state index contributed by atoms with van der Waals surface area (Å²) in [6.45, 7) is 3.92. The van der Waals surface area contributed by atoms with Crippen molar-refractivity contribution in [1.29, 1.82) is 0 Å². The number of hydrogen-bond acceptors (Lipinski definition) is 4. The lowest BCUT2D eigenvalue weighted by molar-refractivity contribution is -0.157. The van der Waals surface area contributed by atoms with E-state index in [9.17, 15) is 27.5 Å². The number of rotatable bonds is 10. The summed E-state index contributed by atoms with van der Waals surface area (Å²) in [4.78, 5) is 13.0. The molecule has 0 aromatic heterocycles. The second-order valence-corrected chi connectivity index (χ2v) is 13.5. The van der Waals surface area contributed by atoms with Crippen LogP contribution in [0, 0.1) is 41.0 Å². The first-order chi connectivity index (χ1) is 21.7. The van der Waals surface area contributed by atoms with Gasteiger partial charge in [-0.2, -0.15) is 4.39 Å². The van der Waals surface area contributed by atoms with Gasteiger partial charge in [0.1, 0.15) is 6.10 Å². The number of hydrogen-bond donors (Lipinski definition) is 1. The van der Waals surface area contributed by atoms with Crippen molar-refractivity contribution < 1.29 is 36.9 Å². The SMILES string of the molecule is CCCC(O)c1ccc(C2CCC(C(=O)OC3CCC(C4CCC(c5ccc(OCC)c(F)c5F)CC4)CC3)CC2)c(F)c1F. The minimum atomic E-state index is -1.01. The second kappa shape index (κ2) is 15.3. The van der Waals surface area contributed by atoms with Gasteiger partial charge in [0.05, 0.1) is 18.6 Å². The van der Waals surface area contributed by atoms with Crippen LogP contribution in [0.1, 0.15) is 138 Å². The number of carbonyl (C=O) groups excluding carboxylic acids is 1. The van der Waals surface area contributed by atoms with Gasteiger partial charge in [0.15, 0.2) is 23.2 Å². The molecule has 0 amide bonds. The van der Waals surface area contributed by atoms with Crippen molar-refractivity contribution in [2.24, 2.45) is 17.8 Å². The molecule has 248 valence electrons. The number of ether oxygens (including phenoxy) is 2. The first-order valence-corrected chi connectivity index (χ1v) is 17.2. The highest BCUT2D eigenvalue weighted by Crippen LogP contribution is 2.45. The van der Waals surface area contributed by atoms with Gasteiger partial charge in [0.25, 0.3) is 0 Å². The summed E-state index contributed by atoms with van der Waals surface area (Å²) < 4.78 is 70.0. The van der Waals surface area contributed by atoms with Gasteiger partial charge >= 0.3 is 5.97 Å². The molecule has 3 saturated carbocycles. The quantitative estimate of drug-likeness (QED) is 0.209. The van der Waals surface area contributed by atoms with Crippen LogP contribution in [0.3, 0.4) is 0 Å². The first kappa shape index (κ1) is 33.7. The molecule has 4 nitrogen and oxygen atoms in total. The lowest BCUT2D eigenvalue weighted by Gasteiger charge is -2.38. The third-order valence-electron chi connectivity index (χ3n) is 10.8. The number of halogens is 4. The van der Waals surface area contributed by atoms with E-state index < -0.39 is 29.4 Å². The van der Waals surface area contributed by atoms with Gasteiger partial charge in [0, 0.05) is 5.56 Å². The molecule has 1 unspecified atom stereocenters. The zero-order chi connectivity index (χ0) is 32.1. The third-order valence-corrected chi connectivity index (χ3v) is 10.8. The zero-order valence-electron chi connectivity index (χ0n) is 26.6. The van der Waals surface area contributed by atoms with Crippen molar-refractivity contribution in [2.45, 2.75) is 128 Å². The molecule has 3 aliphatic rings. The molecule has 1 N–H and O–H groups in total. The van der Waals surface area contributed by atoms with Crippen LogP contribution in [-0.4, -0.2) is 23.8 Å². The molecular weight excluding hydrogens is 584 g/mol. The van der Waals surface area contributed by atoms with Gasteiger partial charge in [-0.1, -0.05) is 31.5 Å². The Hall–Kier alpha value is -2.61. The molecule has 0 aliphatic heterocycles. The van der Waals surface area contributed by atoms with E-state index in [4.69, 9.17) is 9.47 Å². The molecule has 1 atom stereocenters. The Morgan fingerprint density at radius 2 is 1.27 bits per heavy atom. The summed E-state index contributed by atoms with van der Waals surface area (Å²) in [5.41, 5.74) is 0.793. The number of aliphatic hydroxyl groups is 1. The molecule has 0 radical (unpaired) electrons. The summed E-state index contributed by atoms with van der Waals surface area (Å²) >= 11 is 0. The summed E-state index contributed by atoms with van der Waals surface area (Å²) in [7, 11) is 0. The zero-order valence-corrected chi connectivity index (χ0v) is 26.6. The van der Waals surface area contributed by atoms with Crippen molar-refractivity contribution in [3.63, 3.8) is 0 Å². The molecule has 2 aromatic carbocycles. The second-order valence-electron chi connectivity index (χ2n) is 13.5. The van der Waals surface area contributed by atoms with E-state index in [1.807, 2.05) is 6.92 Å². The molecular formula is C37H48F4O4. The minimum absolute atomic E-state index is 0.00811. The van der Waals surface area contributed by atoms with Gasteiger partial charge in [-0.25, -0.2) is 13.2 Å². The summed E-state index contributed by atoms with van der Waals surface area (Å²) in [5, 5.41) is 10.1. The number of aliphatic hydroxyl groups excluding tert-OH is 1. The monoisotopic (exact) mass is 632 g/mol. The number of benzene rings is 2. The molecule has 0 saturated heterocycles. The highest BCUT2D eigenvalue weighted by Gasteiger charge is 2.36. The first-order valence-electron chi connectivity index (χ1n) is 17.2. The van der Waals surface area contributed by atoms with E-state index in [1.165, 1.54) is 12.1 Å². The Labute approximate surface area is 264 Å². The fourth-order valence-corrected chi connectivity index (χ4v) is 8.19. The Morgan fingerprint density at radius 3 is 1.84 bits per heavy atom. The molecule has 3 fully saturated rings. The third kappa shape index (κ3) is 7.69. The Morgan fingerprint density at radius 1 is 0.733 bits per heavy atom. The smallest absolute Gasteiger partial charge is 0.309 e. The van der Waals surface area contributed by atoms with E-state index in [-0.39, 0.29) is 47.7 Å². The van der Waals surface area contributed by atoms with E-state index in [0.29, 0.717) is 61.5 Å². The molecule has 2 aromatic rings. The van der Waals surface area contributed by atoms with Gasteiger partial charge < -0.3 is 14.6 Å². The maximum atomic E-state index is 14.9. The van der Waals surface area contributed by atoms with Crippen LogP contribution in [0.25, 0.3) is 0 Å². The van der Waals surface area contributed by atoms with Crippen molar-refractivity contribution in [2.75, 3.05) is 6.61 Å². The molecule has 8 heteroatoms. The topological polar surface area (TPSA) is 55.8 Å². The van der Waals surface area contributed by atoms with Gasteiger partial charge in [0.2, 0.25) is 5.82 Å². The maximum absolute atomic E-state index is 14.9. The summed E-state index contributed by atoms with van der Waals surface area (Å²) in [6.07, 6.45) is 9.65. The van der Waals surface area contributed by atoms with Crippen molar-refractivity contribution >= 4 is 5.97 Å². The average Bonchev–Trinajstić information content (AvgIpc) is 3.05. The fourth-order valence-electron chi connectivity index (χ4n) is 8.19. The van der Waals surface area contributed by atoms with Crippen LogP contribution in [0.15, 0.2) is 24.3 Å². The Kier molecular flexibility index (Phi) is 11.5. The summed E-state index contributed by atoms with van der Waals surface area (Å²) in [6, 6.07) is 6.31. The predicted octanol–water partition coefficient (Wildman–Crippen LogP) is 9.82. The van der Waals surface area contributed by atoms with Crippen LogP contribution in [0.2, 0.25) is 0 Å². The lowest BCUT2D eigenvalue weighted by Crippen LogP contribution is -2.32. The van der Waals surface area contributed by atoms with Gasteiger partial charge in [-0.3, -0.25) is 4.79 Å². The van der Waals surface area contributed by atoms with Crippen molar-refractivity contribution in [3.8, 4) is 5.75 Å². The minimum Gasteiger partial charge on any atom is -0.491 e. The van der Waals surface area contributed by atoms with Crippen molar-refractivity contribution in [3.05, 3.63) is 64.2 Å². The van der Waals surface area contributed by atoms with Crippen LogP contribution in [-0.2, 0) is 9.53 Å². The van der Waals surface area contributed by atoms with Crippen LogP contribution < -0.4 is 4.74 Å². The highest BCUT2D eigenvalue weighted by molar-refractivity contribution is 5.72. The lowest BCUT2D eigenvalue weighted by atomic mass is 9.69. The molecule has 0 bridgehead atoms. The average molecular weight is 633 g/mol. The van der Waals surface area contributed by atoms with E-state index in [0.717, 1.165) is 51.4 Å². The molecule has 45 heavy (non-hydrogen) atoms. The van der Waals surface area contributed by atoms with Gasteiger partial charge in [-0.15, -0.1) is 0 Å². The van der Waals surface area contributed by atoms with Crippen LogP contribution in [0.4, 0.5) is 17.6 Å².